The number of aromatic nitrogens is 3. The minimum absolute atomic E-state index is 0.00754. The Balaban J connectivity index is 2.56. The van der Waals surface area contributed by atoms with Crippen molar-refractivity contribution in [2.75, 3.05) is 0 Å². The van der Waals surface area contributed by atoms with Crippen molar-refractivity contribution in [1.82, 2.24) is 15.2 Å². The van der Waals surface area contributed by atoms with E-state index in [1.165, 1.54) is 0 Å². The molecule has 0 saturated heterocycles. The summed E-state index contributed by atoms with van der Waals surface area (Å²) in [7, 11) is 0. The van der Waals surface area contributed by atoms with E-state index in [2.05, 4.69) is 29.0 Å². The van der Waals surface area contributed by atoms with Crippen molar-refractivity contribution in [3.63, 3.8) is 0 Å². The second-order valence-electron chi connectivity index (χ2n) is 3.29. The van der Waals surface area contributed by atoms with Gasteiger partial charge in [-0.25, -0.2) is 4.98 Å². The molecule has 0 aliphatic carbocycles. The Hall–Kier alpha value is -0.900. The number of hydrogen-bond donors (Lipinski definition) is 2. The van der Waals surface area contributed by atoms with Crippen molar-refractivity contribution in [3.8, 4) is 0 Å². The van der Waals surface area contributed by atoms with E-state index in [9.17, 15) is 0 Å². The lowest BCUT2D eigenvalue weighted by Crippen LogP contribution is -2.11. The molecule has 0 bridgehead atoms. The van der Waals surface area contributed by atoms with Gasteiger partial charge in [0.05, 0.1) is 6.04 Å². The predicted molar refractivity (Wildman–Crippen MR) is 52.2 cm³/mol. The molecule has 0 radical (unpaired) electrons. The summed E-state index contributed by atoms with van der Waals surface area (Å²) in [5, 5.41) is 7.00. The maximum Gasteiger partial charge on any atom is 0.167 e. The fourth-order valence-corrected chi connectivity index (χ4v) is 1.26. The summed E-state index contributed by atoms with van der Waals surface area (Å²) in [6.45, 7) is 4.23. The van der Waals surface area contributed by atoms with Crippen LogP contribution in [0.1, 0.15) is 50.8 Å². The van der Waals surface area contributed by atoms with E-state index in [1.807, 2.05) is 0 Å². The standard InChI is InChI=1S/C9H18N4/c1-3-5-7(10)9-11-8(6-4-2)12-13-9/h7H,3-6,10H2,1-2H3,(H,11,12,13)/t7-/m1/s1. The lowest BCUT2D eigenvalue weighted by Gasteiger charge is -2.03. The summed E-state index contributed by atoms with van der Waals surface area (Å²) >= 11 is 0. The number of aromatic amines is 1. The van der Waals surface area contributed by atoms with Gasteiger partial charge in [-0.1, -0.05) is 20.3 Å². The van der Waals surface area contributed by atoms with Crippen LogP contribution in [0, 0.1) is 0 Å². The van der Waals surface area contributed by atoms with Gasteiger partial charge in [0, 0.05) is 6.42 Å². The van der Waals surface area contributed by atoms with Crippen molar-refractivity contribution >= 4 is 0 Å². The third kappa shape index (κ3) is 2.81. The molecule has 0 fully saturated rings. The number of nitrogens with one attached hydrogen (secondary N) is 1. The molecule has 74 valence electrons. The summed E-state index contributed by atoms with van der Waals surface area (Å²) < 4.78 is 0. The summed E-state index contributed by atoms with van der Waals surface area (Å²) in [5.74, 6) is 1.70. The van der Waals surface area contributed by atoms with Crippen LogP contribution in [-0.4, -0.2) is 15.2 Å². The largest absolute Gasteiger partial charge is 0.321 e. The Kier molecular flexibility index (Phi) is 3.89. The van der Waals surface area contributed by atoms with Gasteiger partial charge in [0.1, 0.15) is 5.82 Å². The lowest BCUT2D eigenvalue weighted by atomic mass is 10.2. The fraction of sp³-hybridized carbons (Fsp3) is 0.778. The van der Waals surface area contributed by atoms with E-state index in [0.717, 1.165) is 37.3 Å². The van der Waals surface area contributed by atoms with Crippen LogP contribution in [0.2, 0.25) is 0 Å². The van der Waals surface area contributed by atoms with Crippen LogP contribution < -0.4 is 5.73 Å². The Bertz CT molecular complexity index is 244. The molecule has 0 aliphatic heterocycles. The molecule has 1 rings (SSSR count). The van der Waals surface area contributed by atoms with Crippen LogP contribution in [-0.2, 0) is 6.42 Å². The molecule has 0 aliphatic rings. The topological polar surface area (TPSA) is 67.6 Å². The fourth-order valence-electron chi connectivity index (χ4n) is 1.26. The van der Waals surface area contributed by atoms with Crippen LogP contribution in [0.5, 0.6) is 0 Å². The molecule has 1 aromatic heterocycles. The molecule has 13 heavy (non-hydrogen) atoms. The zero-order chi connectivity index (χ0) is 9.68. The van der Waals surface area contributed by atoms with Crippen molar-refractivity contribution < 1.29 is 0 Å². The third-order valence-electron chi connectivity index (χ3n) is 1.97. The Labute approximate surface area is 78.9 Å². The highest BCUT2D eigenvalue weighted by Crippen LogP contribution is 2.10. The maximum absolute atomic E-state index is 5.87. The zero-order valence-electron chi connectivity index (χ0n) is 8.38. The predicted octanol–water partition coefficient (Wildman–Crippen LogP) is 1.56. The highest BCUT2D eigenvalue weighted by atomic mass is 15.2. The number of nitrogens with two attached hydrogens (primary N) is 1. The monoisotopic (exact) mass is 182 g/mol. The summed E-state index contributed by atoms with van der Waals surface area (Å²) in [6.07, 6.45) is 4.05. The zero-order valence-corrected chi connectivity index (χ0v) is 8.38. The van der Waals surface area contributed by atoms with Crippen LogP contribution >= 0.6 is 0 Å². The first kappa shape index (κ1) is 10.2. The van der Waals surface area contributed by atoms with E-state index in [0.29, 0.717) is 0 Å². The summed E-state index contributed by atoms with van der Waals surface area (Å²) in [6, 6.07) is -0.00754. The Morgan fingerprint density at radius 2 is 2.15 bits per heavy atom. The van der Waals surface area contributed by atoms with E-state index in [1.54, 1.807) is 0 Å². The molecule has 1 heterocycles. The second-order valence-corrected chi connectivity index (χ2v) is 3.29. The van der Waals surface area contributed by atoms with Gasteiger partial charge in [0.25, 0.3) is 0 Å². The van der Waals surface area contributed by atoms with Gasteiger partial charge in [-0.2, -0.15) is 5.10 Å². The second kappa shape index (κ2) is 4.97. The molecule has 4 nitrogen and oxygen atoms in total. The van der Waals surface area contributed by atoms with Crippen LogP contribution in [0.3, 0.4) is 0 Å². The molecular weight excluding hydrogens is 164 g/mol. The van der Waals surface area contributed by atoms with Gasteiger partial charge in [-0.3, -0.25) is 5.10 Å². The highest BCUT2D eigenvalue weighted by molar-refractivity contribution is 4.95. The summed E-state index contributed by atoms with van der Waals surface area (Å²) in [4.78, 5) is 4.33. The molecule has 0 aromatic carbocycles. The van der Waals surface area contributed by atoms with E-state index in [4.69, 9.17) is 5.73 Å². The number of aryl methyl sites for hydroxylation is 1. The van der Waals surface area contributed by atoms with Crippen molar-refractivity contribution in [1.29, 1.82) is 0 Å². The number of nitrogens with zero attached hydrogens (tertiary/aromatic N) is 2. The average molecular weight is 182 g/mol. The first-order chi connectivity index (χ1) is 6.27. The van der Waals surface area contributed by atoms with Crippen LogP contribution in [0.15, 0.2) is 0 Å². The SMILES string of the molecule is CCCc1nc([C@H](N)CCC)n[nH]1. The normalized spacial score (nSPS) is 13.2. The van der Waals surface area contributed by atoms with E-state index >= 15 is 0 Å². The summed E-state index contributed by atoms with van der Waals surface area (Å²) in [5.41, 5.74) is 5.87. The van der Waals surface area contributed by atoms with Gasteiger partial charge in [0.15, 0.2) is 5.82 Å². The molecular formula is C9H18N4. The third-order valence-corrected chi connectivity index (χ3v) is 1.97. The van der Waals surface area contributed by atoms with Gasteiger partial charge in [-0.05, 0) is 12.8 Å². The minimum Gasteiger partial charge on any atom is -0.321 e. The van der Waals surface area contributed by atoms with Crippen molar-refractivity contribution in [3.05, 3.63) is 11.6 Å². The first-order valence-electron chi connectivity index (χ1n) is 4.94. The Morgan fingerprint density at radius 3 is 2.77 bits per heavy atom. The molecule has 1 atom stereocenters. The average Bonchev–Trinajstić information content (AvgIpc) is 2.54. The molecule has 4 heteroatoms. The van der Waals surface area contributed by atoms with Crippen LogP contribution in [0.4, 0.5) is 0 Å². The Morgan fingerprint density at radius 1 is 1.38 bits per heavy atom. The van der Waals surface area contributed by atoms with Gasteiger partial charge >= 0.3 is 0 Å². The maximum atomic E-state index is 5.87. The molecule has 3 N–H and O–H groups in total. The number of H-pyrrole nitrogens is 1. The van der Waals surface area contributed by atoms with Gasteiger partial charge in [-0.15, -0.1) is 0 Å². The van der Waals surface area contributed by atoms with Gasteiger partial charge < -0.3 is 5.73 Å². The molecule has 0 spiro atoms. The molecule has 0 saturated carbocycles. The number of hydrogen-bond acceptors (Lipinski definition) is 3. The smallest absolute Gasteiger partial charge is 0.167 e. The molecule has 1 aromatic rings. The van der Waals surface area contributed by atoms with E-state index in [-0.39, 0.29) is 6.04 Å². The lowest BCUT2D eigenvalue weighted by molar-refractivity contribution is 0.604. The van der Waals surface area contributed by atoms with Crippen molar-refractivity contribution in [2.45, 2.75) is 45.6 Å². The molecule has 0 amide bonds. The highest BCUT2D eigenvalue weighted by Gasteiger charge is 2.10. The van der Waals surface area contributed by atoms with Crippen LogP contribution in [0.25, 0.3) is 0 Å². The quantitative estimate of drug-likeness (QED) is 0.726. The minimum atomic E-state index is -0.00754. The molecule has 0 unspecified atom stereocenters. The van der Waals surface area contributed by atoms with Crippen molar-refractivity contribution in [2.24, 2.45) is 5.73 Å². The number of rotatable bonds is 5. The van der Waals surface area contributed by atoms with E-state index < -0.39 is 0 Å². The first-order valence-corrected chi connectivity index (χ1v) is 4.94. The van der Waals surface area contributed by atoms with Gasteiger partial charge in [0.2, 0.25) is 0 Å².